The van der Waals surface area contributed by atoms with Gasteiger partial charge in [-0.15, -0.1) is 0 Å². The molecule has 0 radical (unpaired) electrons. The fourth-order valence-electron chi connectivity index (χ4n) is 2.01. The number of carbonyl (C=O) groups excluding carboxylic acids is 1. The molecule has 0 aliphatic heterocycles. The van der Waals surface area contributed by atoms with Crippen LogP contribution in [0, 0.1) is 0 Å². The van der Waals surface area contributed by atoms with Gasteiger partial charge < -0.3 is 14.2 Å². The highest BCUT2D eigenvalue weighted by Gasteiger charge is 2.16. The lowest BCUT2D eigenvalue weighted by Crippen LogP contribution is -2.34. The summed E-state index contributed by atoms with van der Waals surface area (Å²) < 4.78 is 10.6. The lowest BCUT2D eigenvalue weighted by atomic mass is 10.3. The summed E-state index contributed by atoms with van der Waals surface area (Å²) >= 11 is 5.88. The first kappa shape index (κ1) is 17.3. The van der Waals surface area contributed by atoms with Crippen LogP contribution >= 0.6 is 11.6 Å². The first-order valence-electron chi connectivity index (χ1n) is 7.60. The molecule has 1 aromatic carbocycles. The van der Waals surface area contributed by atoms with Crippen molar-refractivity contribution in [3.63, 3.8) is 0 Å². The van der Waals surface area contributed by atoms with Gasteiger partial charge in [-0.25, -0.2) is 0 Å². The summed E-state index contributed by atoms with van der Waals surface area (Å²) in [6.45, 7) is 4.72. The number of hydrogen-bond acceptors (Lipinski definition) is 5. The smallest absolute Gasteiger partial charge is 0.260 e. The van der Waals surface area contributed by atoms with E-state index in [1.807, 2.05) is 13.8 Å². The Bertz CT molecular complexity index is 645. The van der Waals surface area contributed by atoms with Crippen molar-refractivity contribution in [3.05, 3.63) is 41.0 Å². The largest absolute Gasteiger partial charge is 0.484 e. The molecule has 0 atom stereocenters. The standard InChI is InChI=1S/C16H20ClN3O3/c1-3-6-15-18-14(19-23-15)10-20(4-2)16(21)11-22-13-8-5-7-12(17)9-13/h5,7-9H,3-4,6,10-11H2,1-2H3. The van der Waals surface area contributed by atoms with Crippen LogP contribution in [0.15, 0.2) is 28.8 Å². The number of aryl methyl sites for hydroxylation is 1. The molecule has 23 heavy (non-hydrogen) atoms. The van der Waals surface area contributed by atoms with E-state index in [-0.39, 0.29) is 12.5 Å². The summed E-state index contributed by atoms with van der Waals surface area (Å²) in [5.74, 6) is 1.52. The molecule has 0 N–H and O–H groups in total. The molecule has 1 aromatic heterocycles. The molecule has 0 aliphatic rings. The molecule has 0 fully saturated rings. The van der Waals surface area contributed by atoms with Gasteiger partial charge in [0.05, 0.1) is 6.54 Å². The van der Waals surface area contributed by atoms with Gasteiger partial charge >= 0.3 is 0 Å². The maximum atomic E-state index is 12.3. The molecular weight excluding hydrogens is 318 g/mol. The lowest BCUT2D eigenvalue weighted by molar-refractivity contribution is -0.133. The Morgan fingerprint density at radius 3 is 2.91 bits per heavy atom. The van der Waals surface area contributed by atoms with Crippen LogP contribution in [0.2, 0.25) is 5.02 Å². The van der Waals surface area contributed by atoms with E-state index in [4.69, 9.17) is 20.9 Å². The first-order chi connectivity index (χ1) is 11.1. The SMILES string of the molecule is CCCc1nc(CN(CC)C(=O)COc2cccc(Cl)c2)no1. The Morgan fingerprint density at radius 2 is 2.22 bits per heavy atom. The fraction of sp³-hybridized carbons (Fsp3) is 0.438. The summed E-state index contributed by atoms with van der Waals surface area (Å²) in [7, 11) is 0. The third kappa shape index (κ3) is 5.25. The third-order valence-corrected chi connectivity index (χ3v) is 3.43. The molecule has 0 unspecified atom stereocenters. The van der Waals surface area contributed by atoms with E-state index < -0.39 is 0 Å². The van der Waals surface area contributed by atoms with Gasteiger partial charge in [-0.1, -0.05) is 29.7 Å². The topological polar surface area (TPSA) is 68.5 Å². The fourth-order valence-corrected chi connectivity index (χ4v) is 2.19. The average molecular weight is 338 g/mol. The van der Waals surface area contributed by atoms with Gasteiger partial charge in [0.2, 0.25) is 5.89 Å². The zero-order chi connectivity index (χ0) is 16.7. The van der Waals surface area contributed by atoms with Crippen molar-refractivity contribution in [3.8, 4) is 5.75 Å². The number of nitrogens with zero attached hydrogens (tertiary/aromatic N) is 3. The first-order valence-corrected chi connectivity index (χ1v) is 7.97. The second kappa shape index (κ2) is 8.53. The number of ether oxygens (including phenoxy) is 1. The predicted molar refractivity (Wildman–Crippen MR) is 86.3 cm³/mol. The van der Waals surface area contributed by atoms with Crippen LogP contribution in [0.1, 0.15) is 32.0 Å². The molecule has 6 nitrogen and oxygen atoms in total. The van der Waals surface area contributed by atoms with Crippen LogP contribution < -0.4 is 4.74 Å². The Kier molecular flexibility index (Phi) is 6.40. The Labute approximate surface area is 140 Å². The zero-order valence-electron chi connectivity index (χ0n) is 13.3. The number of hydrogen-bond donors (Lipinski definition) is 0. The summed E-state index contributed by atoms with van der Waals surface area (Å²) in [4.78, 5) is 18.1. The zero-order valence-corrected chi connectivity index (χ0v) is 14.0. The molecule has 2 aromatic rings. The minimum Gasteiger partial charge on any atom is -0.484 e. The van der Waals surface area contributed by atoms with Crippen molar-refractivity contribution in [1.82, 2.24) is 15.0 Å². The normalized spacial score (nSPS) is 10.6. The Morgan fingerprint density at radius 1 is 1.39 bits per heavy atom. The summed E-state index contributed by atoms with van der Waals surface area (Å²) in [6, 6.07) is 6.94. The number of halogens is 1. The molecule has 0 spiro atoms. The van der Waals surface area contributed by atoms with Crippen LogP contribution in [-0.2, 0) is 17.8 Å². The van der Waals surface area contributed by atoms with Gasteiger partial charge in [0, 0.05) is 18.0 Å². The van der Waals surface area contributed by atoms with E-state index in [1.165, 1.54) is 0 Å². The molecule has 1 heterocycles. The highest BCUT2D eigenvalue weighted by atomic mass is 35.5. The van der Waals surface area contributed by atoms with Crippen molar-refractivity contribution in [2.45, 2.75) is 33.2 Å². The number of benzene rings is 1. The van der Waals surface area contributed by atoms with Gasteiger partial charge in [0.1, 0.15) is 5.75 Å². The molecule has 0 saturated heterocycles. The predicted octanol–water partition coefficient (Wildman–Crippen LogP) is 3.10. The minimum atomic E-state index is -0.144. The summed E-state index contributed by atoms with van der Waals surface area (Å²) in [5.41, 5.74) is 0. The number of amides is 1. The molecule has 1 amide bonds. The van der Waals surface area contributed by atoms with Gasteiger partial charge in [-0.05, 0) is 31.5 Å². The lowest BCUT2D eigenvalue weighted by Gasteiger charge is -2.19. The number of aromatic nitrogens is 2. The van der Waals surface area contributed by atoms with Crippen molar-refractivity contribution >= 4 is 17.5 Å². The molecule has 0 bridgehead atoms. The van der Waals surface area contributed by atoms with Gasteiger partial charge in [0.15, 0.2) is 12.4 Å². The van der Waals surface area contributed by atoms with Crippen molar-refractivity contribution in [1.29, 1.82) is 0 Å². The summed E-state index contributed by atoms with van der Waals surface area (Å²) in [6.07, 6.45) is 1.68. The minimum absolute atomic E-state index is 0.0617. The van der Waals surface area contributed by atoms with Crippen LogP contribution in [0.4, 0.5) is 0 Å². The molecule has 124 valence electrons. The van der Waals surface area contributed by atoms with Crippen LogP contribution in [-0.4, -0.2) is 34.1 Å². The summed E-state index contributed by atoms with van der Waals surface area (Å²) in [5, 5.41) is 4.46. The second-order valence-electron chi connectivity index (χ2n) is 5.01. The van der Waals surface area contributed by atoms with Crippen LogP contribution in [0.25, 0.3) is 0 Å². The Hall–Kier alpha value is -2.08. The van der Waals surface area contributed by atoms with Gasteiger partial charge in [-0.2, -0.15) is 4.98 Å². The van der Waals surface area contributed by atoms with E-state index in [9.17, 15) is 4.79 Å². The van der Waals surface area contributed by atoms with E-state index in [0.29, 0.717) is 35.6 Å². The molecular formula is C16H20ClN3O3. The third-order valence-electron chi connectivity index (χ3n) is 3.20. The molecule has 0 saturated carbocycles. The average Bonchev–Trinajstić information content (AvgIpc) is 2.98. The molecule has 0 aliphatic carbocycles. The molecule has 7 heteroatoms. The van der Waals surface area contributed by atoms with E-state index in [0.717, 1.165) is 12.8 Å². The highest BCUT2D eigenvalue weighted by Crippen LogP contribution is 2.17. The van der Waals surface area contributed by atoms with Crippen molar-refractivity contribution in [2.75, 3.05) is 13.2 Å². The number of likely N-dealkylation sites (N-methyl/N-ethyl adjacent to an activating group) is 1. The van der Waals surface area contributed by atoms with Crippen LogP contribution in [0.5, 0.6) is 5.75 Å². The monoisotopic (exact) mass is 337 g/mol. The second-order valence-corrected chi connectivity index (χ2v) is 5.44. The number of rotatable bonds is 8. The van der Waals surface area contributed by atoms with Crippen molar-refractivity contribution < 1.29 is 14.1 Å². The van der Waals surface area contributed by atoms with E-state index >= 15 is 0 Å². The van der Waals surface area contributed by atoms with E-state index in [2.05, 4.69) is 10.1 Å². The van der Waals surface area contributed by atoms with Gasteiger partial charge in [-0.3, -0.25) is 4.79 Å². The number of carbonyl (C=O) groups is 1. The van der Waals surface area contributed by atoms with Crippen LogP contribution in [0.3, 0.4) is 0 Å². The maximum absolute atomic E-state index is 12.3. The highest BCUT2D eigenvalue weighted by molar-refractivity contribution is 6.30. The van der Waals surface area contributed by atoms with Gasteiger partial charge in [0.25, 0.3) is 5.91 Å². The van der Waals surface area contributed by atoms with Crippen molar-refractivity contribution in [2.24, 2.45) is 0 Å². The Balaban J connectivity index is 1.89. The maximum Gasteiger partial charge on any atom is 0.260 e. The molecule has 2 rings (SSSR count). The van der Waals surface area contributed by atoms with E-state index in [1.54, 1.807) is 29.2 Å². The quantitative estimate of drug-likeness (QED) is 0.740.